The second kappa shape index (κ2) is 8.29. The van der Waals surface area contributed by atoms with E-state index in [1.165, 1.54) is 5.56 Å². The molecule has 1 fully saturated rings. The van der Waals surface area contributed by atoms with Crippen LogP contribution >= 0.6 is 0 Å². The number of nitriles is 1. The van der Waals surface area contributed by atoms with E-state index in [4.69, 9.17) is 10.2 Å². The normalized spacial score (nSPS) is 15.6. The summed E-state index contributed by atoms with van der Waals surface area (Å²) in [5.74, 6) is 0.691. The Kier molecular flexibility index (Phi) is 5.18. The largest absolute Gasteiger partial charge is 0.348 e. The molecule has 2 N–H and O–H groups in total. The first kappa shape index (κ1) is 20.0. The quantitative estimate of drug-likeness (QED) is 0.522. The van der Waals surface area contributed by atoms with Gasteiger partial charge in [-0.2, -0.15) is 5.26 Å². The summed E-state index contributed by atoms with van der Waals surface area (Å²) in [5.41, 5.74) is 5.96. The van der Waals surface area contributed by atoms with Crippen LogP contribution in [-0.2, 0) is 0 Å². The molecule has 6 nitrogen and oxygen atoms in total. The molecule has 5 rings (SSSR count). The first-order valence-corrected chi connectivity index (χ1v) is 10.7. The molecule has 3 aromatic carbocycles. The molecular weight excluding hydrogens is 398 g/mol. The maximum absolute atomic E-state index is 12.8. The van der Waals surface area contributed by atoms with Gasteiger partial charge in [-0.05, 0) is 74.5 Å². The fraction of sp³-hybridized carbons (Fsp3) is 0.192. The molecule has 158 valence electrons. The predicted molar refractivity (Wildman–Crippen MR) is 125 cm³/mol. The summed E-state index contributed by atoms with van der Waals surface area (Å²) in [7, 11) is 0. The number of nitrogens with zero attached hydrogens (tertiary/aromatic N) is 3. The zero-order valence-electron chi connectivity index (χ0n) is 17.8. The summed E-state index contributed by atoms with van der Waals surface area (Å²) in [6.07, 6.45) is 0.943. The number of hydrogen-bond acceptors (Lipinski definition) is 4. The minimum absolute atomic E-state index is 0.0783. The van der Waals surface area contributed by atoms with Crippen LogP contribution in [0.3, 0.4) is 0 Å². The second-order valence-electron chi connectivity index (χ2n) is 8.16. The number of fused-ring (bicyclic) bond motifs is 1. The molecule has 1 aliphatic heterocycles. The van der Waals surface area contributed by atoms with Gasteiger partial charge in [0.1, 0.15) is 5.82 Å². The highest BCUT2D eigenvalue weighted by Crippen LogP contribution is 2.29. The third kappa shape index (κ3) is 3.75. The molecule has 0 saturated carbocycles. The van der Waals surface area contributed by atoms with E-state index in [0.29, 0.717) is 11.1 Å². The van der Waals surface area contributed by atoms with E-state index in [9.17, 15) is 4.79 Å². The smallest absolute Gasteiger partial charge is 0.251 e. The van der Waals surface area contributed by atoms with Crippen molar-refractivity contribution in [3.05, 3.63) is 83.4 Å². The standard InChI is InChI=1S/C26H23N5O/c1-17-2-9-22(10-3-17)31-24-11-8-20(26(32)29-21-12-13-28-16-21)14-23(24)30-25(31)19-6-4-18(15-27)5-7-19/h2-11,14,21,28H,12-13,16H2,1H3,(H,29,32)/t21-/m1/s1. The molecule has 0 radical (unpaired) electrons. The zero-order chi connectivity index (χ0) is 22.1. The van der Waals surface area contributed by atoms with Crippen LogP contribution in [0.1, 0.15) is 27.9 Å². The first-order valence-electron chi connectivity index (χ1n) is 10.7. The molecule has 0 unspecified atom stereocenters. The Morgan fingerprint density at radius 2 is 1.91 bits per heavy atom. The molecule has 1 aliphatic rings. The highest BCUT2D eigenvalue weighted by molar-refractivity contribution is 5.98. The number of carbonyl (C=O) groups excluding carboxylic acids is 1. The second-order valence-corrected chi connectivity index (χ2v) is 8.16. The van der Waals surface area contributed by atoms with Crippen molar-refractivity contribution < 1.29 is 4.79 Å². The molecule has 0 spiro atoms. The van der Waals surface area contributed by atoms with Crippen LogP contribution in [0, 0.1) is 18.3 Å². The van der Waals surface area contributed by atoms with Crippen LogP contribution in [0.5, 0.6) is 0 Å². The molecule has 6 heteroatoms. The van der Waals surface area contributed by atoms with Crippen LogP contribution in [-0.4, -0.2) is 34.6 Å². The van der Waals surface area contributed by atoms with E-state index in [-0.39, 0.29) is 11.9 Å². The number of amides is 1. The molecular formula is C26H23N5O. The molecule has 0 aliphatic carbocycles. The number of hydrogen-bond donors (Lipinski definition) is 2. The Hall–Kier alpha value is -3.95. The monoisotopic (exact) mass is 421 g/mol. The van der Waals surface area contributed by atoms with Gasteiger partial charge in [0.2, 0.25) is 0 Å². The predicted octanol–water partition coefficient (Wildman–Crippen LogP) is 3.96. The molecule has 1 saturated heterocycles. The Labute approximate surface area is 186 Å². The number of benzene rings is 3. The van der Waals surface area contributed by atoms with Crippen molar-refractivity contribution >= 4 is 16.9 Å². The van der Waals surface area contributed by atoms with Crippen molar-refractivity contribution in [3.8, 4) is 23.1 Å². The fourth-order valence-electron chi connectivity index (χ4n) is 4.11. The summed E-state index contributed by atoms with van der Waals surface area (Å²) in [6.45, 7) is 3.79. The van der Waals surface area contributed by atoms with Crippen LogP contribution in [0.4, 0.5) is 0 Å². The zero-order valence-corrected chi connectivity index (χ0v) is 17.8. The topological polar surface area (TPSA) is 82.7 Å². The van der Waals surface area contributed by atoms with E-state index in [2.05, 4.69) is 52.5 Å². The van der Waals surface area contributed by atoms with Crippen molar-refractivity contribution in [1.29, 1.82) is 5.26 Å². The lowest BCUT2D eigenvalue weighted by Gasteiger charge is -2.12. The number of carbonyl (C=O) groups is 1. The van der Waals surface area contributed by atoms with E-state index < -0.39 is 0 Å². The van der Waals surface area contributed by atoms with Crippen molar-refractivity contribution in [2.75, 3.05) is 13.1 Å². The van der Waals surface area contributed by atoms with Crippen molar-refractivity contribution in [3.63, 3.8) is 0 Å². The van der Waals surface area contributed by atoms with Gasteiger partial charge < -0.3 is 10.6 Å². The molecule has 4 aromatic rings. The van der Waals surface area contributed by atoms with E-state index in [0.717, 1.165) is 47.6 Å². The summed E-state index contributed by atoms with van der Waals surface area (Å²) in [6, 6.07) is 23.7. The van der Waals surface area contributed by atoms with Gasteiger partial charge in [-0.1, -0.05) is 17.7 Å². The number of nitrogens with one attached hydrogen (secondary N) is 2. The minimum atomic E-state index is -0.0783. The highest BCUT2D eigenvalue weighted by Gasteiger charge is 2.20. The summed E-state index contributed by atoms with van der Waals surface area (Å²) >= 11 is 0. The molecule has 1 aromatic heterocycles. The van der Waals surface area contributed by atoms with Crippen LogP contribution in [0.2, 0.25) is 0 Å². The van der Waals surface area contributed by atoms with Gasteiger partial charge in [-0.3, -0.25) is 9.36 Å². The van der Waals surface area contributed by atoms with E-state index in [1.807, 2.05) is 30.3 Å². The lowest BCUT2D eigenvalue weighted by atomic mass is 10.1. The maximum atomic E-state index is 12.8. The molecule has 1 amide bonds. The van der Waals surface area contributed by atoms with Crippen molar-refractivity contribution in [2.45, 2.75) is 19.4 Å². The maximum Gasteiger partial charge on any atom is 0.251 e. The lowest BCUT2D eigenvalue weighted by molar-refractivity contribution is 0.0940. The van der Waals surface area contributed by atoms with Gasteiger partial charge >= 0.3 is 0 Å². The van der Waals surface area contributed by atoms with E-state index >= 15 is 0 Å². The van der Waals surface area contributed by atoms with Crippen LogP contribution in [0.25, 0.3) is 28.1 Å². The van der Waals surface area contributed by atoms with Crippen LogP contribution in [0.15, 0.2) is 66.7 Å². The Balaban J connectivity index is 1.61. The fourth-order valence-corrected chi connectivity index (χ4v) is 4.11. The molecule has 1 atom stereocenters. The SMILES string of the molecule is Cc1ccc(-n2c(-c3ccc(C#N)cc3)nc3cc(C(=O)N[C@@H]4CCNC4)ccc32)cc1. The Morgan fingerprint density at radius 3 is 2.59 bits per heavy atom. The van der Waals surface area contributed by atoms with Crippen molar-refractivity contribution in [2.24, 2.45) is 0 Å². The van der Waals surface area contributed by atoms with Crippen LogP contribution < -0.4 is 10.6 Å². The Bertz CT molecular complexity index is 1320. The third-order valence-electron chi connectivity index (χ3n) is 5.88. The average Bonchev–Trinajstić information content (AvgIpc) is 3.47. The van der Waals surface area contributed by atoms with Gasteiger partial charge in [-0.25, -0.2) is 4.98 Å². The van der Waals surface area contributed by atoms with Gasteiger partial charge in [0.05, 0.1) is 22.7 Å². The summed E-state index contributed by atoms with van der Waals surface area (Å²) in [4.78, 5) is 17.7. The summed E-state index contributed by atoms with van der Waals surface area (Å²) in [5, 5.41) is 15.5. The molecule has 0 bridgehead atoms. The average molecular weight is 422 g/mol. The highest BCUT2D eigenvalue weighted by atomic mass is 16.1. The van der Waals surface area contributed by atoms with Crippen molar-refractivity contribution in [1.82, 2.24) is 20.2 Å². The molecule has 2 heterocycles. The number of aryl methyl sites for hydroxylation is 1. The van der Waals surface area contributed by atoms with Gasteiger partial charge in [0, 0.05) is 29.4 Å². The molecule has 32 heavy (non-hydrogen) atoms. The summed E-state index contributed by atoms with van der Waals surface area (Å²) < 4.78 is 2.10. The lowest BCUT2D eigenvalue weighted by Crippen LogP contribution is -2.36. The Morgan fingerprint density at radius 1 is 1.12 bits per heavy atom. The third-order valence-corrected chi connectivity index (χ3v) is 5.88. The first-order chi connectivity index (χ1) is 15.6. The minimum Gasteiger partial charge on any atom is -0.348 e. The van der Waals surface area contributed by atoms with Gasteiger partial charge in [0.15, 0.2) is 0 Å². The number of rotatable bonds is 4. The number of aromatic nitrogens is 2. The van der Waals surface area contributed by atoms with E-state index in [1.54, 1.807) is 12.1 Å². The van der Waals surface area contributed by atoms with Gasteiger partial charge in [-0.15, -0.1) is 0 Å². The van der Waals surface area contributed by atoms with Gasteiger partial charge in [0.25, 0.3) is 5.91 Å². The number of imidazole rings is 1.